The van der Waals surface area contributed by atoms with E-state index in [2.05, 4.69) is 24.4 Å². The van der Waals surface area contributed by atoms with Crippen LogP contribution in [0.3, 0.4) is 0 Å². The Kier molecular flexibility index (Phi) is 5.42. The minimum Gasteiger partial charge on any atom is -0.381 e. The van der Waals surface area contributed by atoms with Crippen LogP contribution >= 0.6 is 11.6 Å². The molecule has 1 nitrogen and oxygen atoms in total. The molecule has 0 unspecified atom stereocenters. The Bertz CT molecular complexity index is 531. The first-order chi connectivity index (χ1) is 9.70. The van der Waals surface area contributed by atoms with Gasteiger partial charge in [-0.1, -0.05) is 43.1 Å². The molecule has 20 heavy (non-hydrogen) atoms. The van der Waals surface area contributed by atoms with Crippen molar-refractivity contribution in [2.45, 2.75) is 32.7 Å². The molecule has 0 aliphatic rings. The minimum absolute atomic E-state index is 0.274. The van der Waals surface area contributed by atoms with Gasteiger partial charge in [0.15, 0.2) is 0 Å². The zero-order valence-electron chi connectivity index (χ0n) is 11.6. The van der Waals surface area contributed by atoms with Crippen molar-refractivity contribution in [3.05, 3.63) is 64.4 Å². The van der Waals surface area contributed by atoms with Gasteiger partial charge in [-0.25, -0.2) is 4.39 Å². The van der Waals surface area contributed by atoms with Crippen LogP contribution in [0.1, 0.15) is 30.9 Å². The van der Waals surface area contributed by atoms with Crippen LogP contribution in [0.25, 0.3) is 0 Å². The Morgan fingerprint density at radius 3 is 2.50 bits per heavy atom. The molecule has 0 atom stereocenters. The SMILES string of the molecule is CCCCc1ccc(NCc2c(F)cccc2Cl)cc1. The van der Waals surface area contributed by atoms with Crippen LogP contribution in [-0.2, 0) is 13.0 Å². The molecule has 0 saturated heterocycles. The predicted octanol–water partition coefficient (Wildman–Crippen LogP) is 5.43. The summed E-state index contributed by atoms with van der Waals surface area (Å²) in [6.07, 6.45) is 3.51. The van der Waals surface area contributed by atoms with Gasteiger partial charge >= 0.3 is 0 Å². The van der Waals surface area contributed by atoms with Crippen molar-refractivity contribution in [1.82, 2.24) is 0 Å². The molecule has 0 spiro atoms. The van der Waals surface area contributed by atoms with Gasteiger partial charge in [-0.15, -0.1) is 0 Å². The van der Waals surface area contributed by atoms with E-state index in [0.29, 0.717) is 17.1 Å². The molecule has 106 valence electrons. The smallest absolute Gasteiger partial charge is 0.129 e. The van der Waals surface area contributed by atoms with Crippen LogP contribution in [0.5, 0.6) is 0 Å². The van der Waals surface area contributed by atoms with E-state index < -0.39 is 0 Å². The summed E-state index contributed by atoms with van der Waals surface area (Å²) in [7, 11) is 0. The zero-order chi connectivity index (χ0) is 14.4. The number of anilines is 1. The van der Waals surface area contributed by atoms with Crippen LogP contribution in [0.4, 0.5) is 10.1 Å². The third kappa shape index (κ3) is 3.97. The Morgan fingerprint density at radius 1 is 1.10 bits per heavy atom. The van der Waals surface area contributed by atoms with E-state index in [4.69, 9.17) is 11.6 Å². The fraction of sp³-hybridized carbons (Fsp3) is 0.294. The molecule has 0 aliphatic carbocycles. The molecule has 0 amide bonds. The van der Waals surface area contributed by atoms with Crippen molar-refractivity contribution in [2.24, 2.45) is 0 Å². The quantitative estimate of drug-likeness (QED) is 0.748. The molecule has 2 rings (SSSR count). The van der Waals surface area contributed by atoms with E-state index >= 15 is 0 Å². The normalized spacial score (nSPS) is 10.6. The van der Waals surface area contributed by atoms with E-state index in [1.54, 1.807) is 12.1 Å². The summed E-state index contributed by atoms with van der Waals surface area (Å²) < 4.78 is 13.6. The second-order valence-corrected chi connectivity index (χ2v) is 5.26. The van der Waals surface area contributed by atoms with E-state index in [1.807, 2.05) is 12.1 Å². The molecular weight excluding hydrogens is 273 g/mol. The topological polar surface area (TPSA) is 12.0 Å². The summed E-state index contributed by atoms with van der Waals surface area (Å²) >= 11 is 6.00. The van der Waals surface area contributed by atoms with Crippen LogP contribution in [0.2, 0.25) is 5.02 Å². The third-order valence-corrected chi connectivity index (χ3v) is 3.66. The highest BCUT2D eigenvalue weighted by Gasteiger charge is 2.06. The summed E-state index contributed by atoms with van der Waals surface area (Å²) in [4.78, 5) is 0. The third-order valence-electron chi connectivity index (χ3n) is 3.30. The lowest BCUT2D eigenvalue weighted by atomic mass is 10.1. The van der Waals surface area contributed by atoms with Gasteiger partial charge in [-0.05, 0) is 42.7 Å². The van der Waals surface area contributed by atoms with Gasteiger partial charge in [0.05, 0.1) is 0 Å². The summed E-state index contributed by atoms with van der Waals surface area (Å²) in [6, 6.07) is 13.0. The Morgan fingerprint density at radius 2 is 1.85 bits per heavy atom. The maximum absolute atomic E-state index is 13.6. The highest BCUT2D eigenvalue weighted by atomic mass is 35.5. The molecule has 3 heteroatoms. The first-order valence-corrected chi connectivity index (χ1v) is 7.34. The van der Waals surface area contributed by atoms with Crippen LogP contribution in [0, 0.1) is 5.82 Å². The fourth-order valence-electron chi connectivity index (χ4n) is 2.06. The van der Waals surface area contributed by atoms with Crippen LogP contribution < -0.4 is 5.32 Å². The van der Waals surface area contributed by atoms with Crippen molar-refractivity contribution in [3.8, 4) is 0 Å². The largest absolute Gasteiger partial charge is 0.381 e. The molecule has 1 N–H and O–H groups in total. The van der Waals surface area contributed by atoms with Gasteiger partial charge in [0.2, 0.25) is 0 Å². The average Bonchev–Trinajstić information content (AvgIpc) is 2.46. The molecule has 0 bridgehead atoms. The van der Waals surface area contributed by atoms with E-state index in [1.165, 1.54) is 24.5 Å². The van der Waals surface area contributed by atoms with Gasteiger partial charge in [0.1, 0.15) is 5.82 Å². The number of nitrogens with one attached hydrogen (secondary N) is 1. The molecule has 0 saturated carbocycles. The molecule has 2 aromatic rings. The summed E-state index contributed by atoms with van der Waals surface area (Å²) in [5.74, 6) is -0.274. The molecule has 0 aliphatic heterocycles. The van der Waals surface area contributed by atoms with Crippen molar-refractivity contribution >= 4 is 17.3 Å². The molecule has 0 heterocycles. The highest BCUT2D eigenvalue weighted by molar-refractivity contribution is 6.31. The van der Waals surface area contributed by atoms with Crippen molar-refractivity contribution in [2.75, 3.05) is 5.32 Å². The monoisotopic (exact) mass is 291 g/mol. The highest BCUT2D eigenvalue weighted by Crippen LogP contribution is 2.20. The molecule has 0 fully saturated rings. The van der Waals surface area contributed by atoms with Gasteiger partial charge in [-0.2, -0.15) is 0 Å². The first-order valence-electron chi connectivity index (χ1n) is 6.96. The van der Waals surface area contributed by atoms with Crippen molar-refractivity contribution in [3.63, 3.8) is 0 Å². The number of aryl methyl sites for hydroxylation is 1. The maximum Gasteiger partial charge on any atom is 0.129 e. The molecule has 0 radical (unpaired) electrons. The number of benzene rings is 2. The predicted molar refractivity (Wildman–Crippen MR) is 83.8 cm³/mol. The zero-order valence-corrected chi connectivity index (χ0v) is 12.4. The standard InChI is InChI=1S/C17H19ClFN/c1-2-3-5-13-8-10-14(11-9-13)20-12-15-16(18)6-4-7-17(15)19/h4,6-11,20H,2-3,5,12H2,1H3. The number of hydrogen-bond donors (Lipinski definition) is 1. The lowest BCUT2D eigenvalue weighted by molar-refractivity contribution is 0.613. The minimum atomic E-state index is -0.274. The van der Waals surface area contributed by atoms with Crippen molar-refractivity contribution in [1.29, 1.82) is 0 Å². The number of unbranched alkanes of at least 4 members (excludes halogenated alkanes) is 1. The second-order valence-electron chi connectivity index (χ2n) is 4.85. The Hall–Kier alpha value is -1.54. The summed E-state index contributed by atoms with van der Waals surface area (Å²) in [6.45, 7) is 2.58. The van der Waals surface area contributed by atoms with Crippen LogP contribution in [0.15, 0.2) is 42.5 Å². The first kappa shape index (κ1) is 14.9. The average molecular weight is 292 g/mol. The number of rotatable bonds is 6. The Balaban J connectivity index is 1.97. The lowest BCUT2D eigenvalue weighted by Crippen LogP contribution is -2.02. The van der Waals surface area contributed by atoms with Crippen LogP contribution in [-0.4, -0.2) is 0 Å². The van der Waals surface area contributed by atoms with Gasteiger partial charge in [0.25, 0.3) is 0 Å². The maximum atomic E-state index is 13.6. The molecule has 0 aromatic heterocycles. The van der Waals surface area contributed by atoms with E-state index in [9.17, 15) is 4.39 Å². The number of halogens is 2. The van der Waals surface area contributed by atoms with Gasteiger partial charge in [-0.3, -0.25) is 0 Å². The number of hydrogen-bond acceptors (Lipinski definition) is 1. The summed E-state index contributed by atoms with van der Waals surface area (Å²) in [5.41, 5.74) is 2.81. The van der Waals surface area contributed by atoms with E-state index in [-0.39, 0.29) is 5.82 Å². The lowest BCUT2D eigenvalue weighted by Gasteiger charge is -2.10. The Labute approximate surface area is 124 Å². The second kappa shape index (κ2) is 7.30. The fourth-order valence-corrected chi connectivity index (χ4v) is 2.29. The molecule has 2 aromatic carbocycles. The summed E-state index contributed by atoms with van der Waals surface area (Å²) in [5, 5.41) is 3.66. The molecular formula is C17H19ClFN. The van der Waals surface area contributed by atoms with Gasteiger partial charge in [0, 0.05) is 22.8 Å². The van der Waals surface area contributed by atoms with Crippen molar-refractivity contribution < 1.29 is 4.39 Å². The van der Waals surface area contributed by atoms with Gasteiger partial charge < -0.3 is 5.32 Å². The van der Waals surface area contributed by atoms with E-state index in [0.717, 1.165) is 12.1 Å².